The summed E-state index contributed by atoms with van der Waals surface area (Å²) in [5.74, 6) is 0. The second-order valence-electron chi connectivity index (χ2n) is 5.12. The van der Waals surface area contributed by atoms with Crippen molar-refractivity contribution in [2.45, 2.75) is 29.1 Å². The van der Waals surface area contributed by atoms with Crippen LogP contribution in [0.2, 0.25) is 0 Å². The van der Waals surface area contributed by atoms with Crippen LogP contribution in [0, 0.1) is 0 Å². The topological polar surface area (TPSA) is 0 Å². The Hall–Kier alpha value is -1.73. The van der Waals surface area contributed by atoms with E-state index < -0.39 is 0 Å². The van der Waals surface area contributed by atoms with Gasteiger partial charge in [0.1, 0.15) is 0 Å². The van der Waals surface area contributed by atoms with Gasteiger partial charge in [-0.15, -0.1) is 13.2 Å². The van der Waals surface area contributed by atoms with E-state index in [1.54, 1.807) is 0 Å². The van der Waals surface area contributed by atoms with Crippen LogP contribution in [0.25, 0.3) is 0 Å². The van der Waals surface area contributed by atoms with Gasteiger partial charge in [0.2, 0.25) is 0 Å². The Bertz CT molecular complexity index is 667. The Labute approximate surface area is 125 Å². The van der Waals surface area contributed by atoms with E-state index in [0.717, 1.165) is 19.3 Å². The summed E-state index contributed by atoms with van der Waals surface area (Å²) in [6, 6.07) is 13.4. The summed E-state index contributed by atoms with van der Waals surface area (Å²) in [4.78, 5) is 2.82. The van der Waals surface area contributed by atoms with Gasteiger partial charge >= 0.3 is 0 Å². The SMILES string of the molecule is C=CCc1cc(CC=C)c2c(c1)Cc1ccccc1S2. The Morgan fingerprint density at radius 1 is 1.00 bits per heavy atom. The number of hydrogen-bond acceptors (Lipinski definition) is 1. The molecule has 0 fully saturated rings. The van der Waals surface area contributed by atoms with Crippen LogP contribution in [0.4, 0.5) is 0 Å². The van der Waals surface area contributed by atoms with Gasteiger partial charge in [0.25, 0.3) is 0 Å². The van der Waals surface area contributed by atoms with Gasteiger partial charge in [-0.05, 0) is 47.6 Å². The van der Waals surface area contributed by atoms with E-state index in [-0.39, 0.29) is 0 Å². The second kappa shape index (κ2) is 5.72. The summed E-state index contributed by atoms with van der Waals surface area (Å²) in [6.45, 7) is 7.75. The van der Waals surface area contributed by atoms with Crippen LogP contribution in [0.1, 0.15) is 22.3 Å². The van der Waals surface area contributed by atoms with Crippen LogP contribution < -0.4 is 0 Å². The lowest BCUT2D eigenvalue weighted by Gasteiger charge is -2.22. The molecule has 0 saturated heterocycles. The third-order valence-corrected chi connectivity index (χ3v) is 4.96. The van der Waals surface area contributed by atoms with Gasteiger partial charge in [-0.2, -0.15) is 0 Å². The monoisotopic (exact) mass is 278 g/mol. The highest BCUT2D eigenvalue weighted by Gasteiger charge is 2.18. The molecule has 0 atom stereocenters. The molecule has 0 N–H and O–H groups in total. The third-order valence-electron chi connectivity index (χ3n) is 3.61. The Morgan fingerprint density at radius 2 is 1.80 bits per heavy atom. The van der Waals surface area contributed by atoms with Gasteiger partial charge in [-0.1, -0.05) is 54.2 Å². The highest BCUT2D eigenvalue weighted by Crippen LogP contribution is 2.42. The predicted molar refractivity (Wildman–Crippen MR) is 87.6 cm³/mol. The Kier molecular flexibility index (Phi) is 3.79. The molecule has 0 aliphatic carbocycles. The molecule has 0 saturated carbocycles. The van der Waals surface area contributed by atoms with Gasteiger partial charge in [0.15, 0.2) is 0 Å². The first-order chi connectivity index (χ1) is 9.81. The molecule has 0 bridgehead atoms. The second-order valence-corrected chi connectivity index (χ2v) is 6.17. The van der Waals surface area contributed by atoms with Crippen LogP contribution >= 0.6 is 11.8 Å². The molecule has 0 unspecified atom stereocenters. The van der Waals surface area contributed by atoms with Gasteiger partial charge in [0.05, 0.1) is 0 Å². The van der Waals surface area contributed by atoms with Crippen molar-refractivity contribution in [3.63, 3.8) is 0 Å². The molecule has 1 aliphatic rings. The van der Waals surface area contributed by atoms with E-state index in [9.17, 15) is 0 Å². The fraction of sp³-hybridized carbons (Fsp3) is 0.158. The fourth-order valence-corrected chi connectivity index (χ4v) is 3.92. The highest BCUT2D eigenvalue weighted by atomic mass is 32.2. The summed E-state index contributed by atoms with van der Waals surface area (Å²) >= 11 is 1.90. The van der Waals surface area contributed by atoms with Gasteiger partial charge < -0.3 is 0 Å². The first kappa shape index (κ1) is 13.3. The summed E-state index contributed by atoms with van der Waals surface area (Å²) in [5, 5.41) is 0. The fourth-order valence-electron chi connectivity index (χ4n) is 2.75. The van der Waals surface area contributed by atoms with Crippen molar-refractivity contribution >= 4 is 11.8 Å². The van der Waals surface area contributed by atoms with Crippen LogP contribution in [-0.4, -0.2) is 0 Å². The lowest BCUT2D eigenvalue weighted by molar-refractivity contribution is 1.00. The van der Waals surface area contributed by atoms with Gasteiger partial charge in [-0.25, -0.2) is 0 Å². The third kappa shape index (κ3) is 2.46. The van der Waals surface area contributed by atoms with Crippen LogP contribution in [0.5, 0.6) is 0 Å². The minimum absolute atomic E-state index is 0.933. The van der Waals surface area contributed by atoms with E-state index in [0.29, 0.717) is 0 Å². The predicted octanol–water partition coefficient (Wildman–Crippen LogP) is 5.20. The molecular formula is C19H18S. The van der Waals surface area contributed by atoms with E-state index in [4.69, 9.17) is 0 Å². The van der Waals surface area contributed by atoms with Gasteiger partial charge in [0, 0.05) is 9.79 Å². The van der Waals surface area contributed by atoms with Crippen molar-refractivity contribution in [2.24, 2.45) is 0 Å². The van der Waals surface area contributed by atoms with E-state index >= 15 is 0 Å². The smallest absolute Gasteiger partial charge is 0.0193 e. The Balaban J connectivity index is 2.08. The van der Waals surface area contributed by atoms with Crippen molar-refractivity contribution in [1.82, 2.24) is 0 Å². The van der Waals surface area contributed by atoms with E-state index in [2.05, 4.69) is 49.6 Å². The number of fused-ring (bicyclic) bond motifs is 2. The first-order valence-electron chi connectivity index (χ1n) is 6.94. The quantitative estimate of drug-likeness (QED) is 0.591. The maximum absolute atomic E-state index is 3.90. The lowest BCUT2D eigenvalue weighted by atomic mass is 9.96. The zero-order valence-electron chi connectivity index (χ0n) is 11.6. The van der Waals surface area contributed by atoms with Crippen LogP contribution in [-0.2, 0) is 19.3 Å². The molecule has 1 aliphatic heterocycles. The zero-order chi connectivity index (χ0) is 13.9. The number of hydrogen-bond donors (Lipinski definition) is 0. The maximum atomic E-state index is 3.90. The van der Waals surface area contributed by atoms with E-state index in [1.807, 2.05) is 23.9 Å². The summed E-state index contributed by atoms with van der Waals surface area (Å²) in [5.41, 5.74) is 5.64. The molecule has 2 aromatic rings. The highest BCUT2D eigenvalue weighted by molar-refractivity contribution is 7.99. The standard InChI is InChI=1S/C19H18S/c1-3-7-14-11-16(8-4-2)19-17(12-14)13-15-9-5-6-10-18(15)20-19/h3-6,9-12H,1-2,7-8,13H2. The van der Waals surface area contributed by atoms with Crippen molar-refractivity contribution in [3.05, 3.63) is 84.0 Å². The number of allylic oxidation sites excluding steroid dienone is 2. The molecule has 0 amide bonds. The summed E-state index contributed by atoms with van der Waals surface area (Å²) < 4.78 is 0. The number of rotatable bonds is 4. The molecule has 1 heteroatoms. The number of benzene rings is 2. The molecule has 1 heterocycles. The first-order valence-corrected chi connectivity index (χ1v) is 7.75. The Morgan fingerprint density at radius 3 is 2.60 bits per heavy atom. The summed E-state index contributed by atoms with van der Waals surface area (Å²) in [6.07, 6.45) is 6.87. The molecule has 0 spiro atoms. The average Bonchev–Trinajstić information content (AvgIpc) is 2.46. The molecule has 3 rings (SSSR count). The zero-order valence-corrected chi connectivity index (χ0v) is 12.4. The minimum Gasteiger partial charge on any atom is -0.103 e. The largest absolute Gasteiger partial charge is 0.103 e. The molecular weight excluding hydrogens is 260 g/mol. The van der Waals surface area contributed by atoms with Crippen molar-refractivity contribution in [2.75, 3.05) is 0 Å². The van der Waals surface area contributed by atoms with Crippen LogP contribution in [0.3, 0.4) is 0 Å². The summed E-state index contributed by atoms with van der Waals surface area (Å²) in [7, 11) is 0. The van der Waals surface area contributed by atoms with Crippen LogP contribution in [0.15, 0.2) is 71.5 Å². The maximum Gasteiger partial charge on any atom is 0.0193 e. The lowest BCUT2D eigenvalue weighted by Crippen LogP contribution is -2.04. The molecule has 0 nitrogen and oxygen atoms in total. The molecule has 0 radical (unpaired) electrons. The van der Waals surface area contributed by atoms with Gasteiger partial charge in [-0.3, -0.25) is 0 Å². The minimum atomic E-state index is 0.933. The van der Waals surface area contributed by atoms with Crippen molar-refractivity contribution < 1.29 is 0 Å². The average molecular weight is 278 g/mol. The molecule has 20 heavy (non-hydrogen) atoms. The molecule has 0 aromatic heterocycles. The van der Waals surface area contributed by atoms with Crippen molar-refractivity contribution in [1.29, 1.82) is 0 Å². The molecule has 2 aromatic carbocycles. The normalized spacial score (nSPS) is 12.4. The molecule has 100 valence electrons. The van der Waals surface area contributed by atoms with Crippen molar-refractivity contribution in [3.8, 4) is 0 Å². The van der Waals surface area contributed by atoms with E-state index in [1.165, 1.54) is 32.0 Å².